The van der Waals surface area contributed by atoms with E-state index in [-0.39, 0.29) is 24.0 Å². The molecule has 1 atom stereocenters. The molecule has 2 N–H and O–H groups in total. The summed E-state index contributed by atoms with van der Waals surface area (Å²) in [5.74, 6) is 1.66. The van der Waals surface area contributed by atoms with Crippen molar-refractivity contribution in [1.82, 2.24) is 35.0 Å². The number of nitrogens with one attached hydrogen (secondary N) is 2. The topological polar surface area (TPSA) is 73.1 Å². The maximum absolute atomic E-state index is 4.32. The summed E-state index contributed by atoms with van der Waals surface area (Å²) in [6.07, 6.45) is 1.97. The van der Waals surface area contributed by atoms with E-state index in [9.17, 15) is 0 Å². The number of fused-ring (bicyclic) bond motifs is 1. The Morgan fingerprint density at radius 3 is 2.67 bits per heavy atom. The van der Waals surface area contributed by atoms with Crippen molar-refractivity contribution >= 4 is 35.6 Å². The summed E-state index contributed by atoms with van der Waals surface area (Å²) in [6, 6.07) is 6.36. The molecule has 0 amide bonds. The van der Waals surface area contributed by atoms with Crippen LogP contribution in [-0.4, -0.2) is 82.7 Å². The molecular formula is C18H31IN8. The van der Waals surface area contributed by atoms with Crippen LogP contribution < -0.4 is 10.6 Å². The number of halogens is 1. The lowest BCUT2D eigenvalue weighted by atomic mass is 10.2. The van der Waals surface area contributed by atoms with Gasteiger partial charge in [-0.05, 0) is 25.6 Å². The Morgan fingerprint density at radius 2 is 1.96 bits per heavy atom. The predicted octanol–water partition coefficient (Wildman–Crippen LogP) is 1.04. The van der Waals surface area contributed by atoms with Crippen molar-refractivity contribution in [3.05, 3.63) is 30.2 Å². The molecule has 8 nitrogen and oxygen atoms in total. The van der Waals surface area contributed by atoms with Gasteiger partial charge in [-0.25, -0.2) is 0 Å². The minimum atomic E-state index is 0. The Bertz CT molecular complexity index is 723. The zero-order valence-electron chi connectivity index (χ0n) is 16.4. The number of rotatable bonds is 6. The lowest BCUT2D eigenvalue weighted by Crippen LogP contribution is -2.53. The molecule has 1 saturated heterocycles. The van der Waals surface area contributed by atoms with Gasteiger partial charge in [0.1, 0.15) is 0 Å². The standard InChI is InChI=1S/C18H30N8.HI/c1-4-24-9-11-25(12-10-24)15(2)13-20-18(19-3)21-14-17-23-22-16-7-5-6-8-26(16)17;/h5-8,15H,4,9-14H2,1-3H3,(H2,19,20,21);1H. The van der Waals surface area contributed by atoms with Gasteiger partial charge >= 0.3 is 0 Å². The Hall–Kier alpha value is -1.46. The molecule has 3 rings (SSSR count). The fourth-order valence-electron chi connectivity index (χ4n) is 3.29. The number of guanidine groups is 1. The van der Waals surface area contributed by atoms with E-state index in [0.717, 1.165) is 56.7 Å². The summed E-state index contributed by atoms with van der Waals surface area (Å²) >= 11 is 0. The van der Waals surface area contributed by atoms with Gasteiger partial charge in [0.15, 0.2) is 17.4 Å². The number of hydrogen-bond donors (Lipinski definition) is 2. The first-order chi connectivity index (χ1) is 12.7. The van der Waals surface area contributed by atoms with E-state index in [1.807, 2.05) is 28.8 Å². The molecule has 1 aliphatic rings. The van der Waals surface area contributed by atoms with Gasteiger partial charge in [-0.1, -0.05) is 13.0 Å². The summed E-state index contributed by atoms with van der Waals surface area (Å²) < 4.78 is 1.98. The van der Waals surface area contributed by atoms with Crippen molar-refractivity contribution in [2.24, 2.45) is 4.99 Å². The van der Waals surface area contributed by atoms with Gasteiger partial charge in [0.05, 0.1) is 6.54 Å². The minimum absolute atomic E-state index is 0. The third kappa shape index (κ3) is 5.76. The highest BCUT2D eigenvalue weighted by Gasteiger charge is 2.20. The summed E-state index contributed by atoms with van der Waals surface area (Å²) in [4.78, 5) is 9.36. The molecule has 2 aromatic rings. The van der Waals surface area contributed by atoms with E-state index < -0.39 is 0 Å². The lowest BCUT2D eigenvalue weighted by Gasteiger charge is -2.37. The molecule has 0 aromatic carbocycles. The van der Waals surface area contributed by atoms with Gasteiger partial charge in [-0.2, -0.15) is 0 Å². The molecule has 1 fully saturated rings. The molecule has 9 heteroatoms. The molecule has 2 aromatic heterocycles. The molecule has 27 heavy (non-hydrogen) atoms. The molecule has 0 bridgehead atoms. The Balaban J connectivity index is 0.00000261. The first-order valence-corrected chi connectivity index (χ1v) is 9.40. The lowest BCUT2D eigenvalue weighted by molar-refractivity contribution is 0.107. The maximum atomic E-state index is 4.32. The average Bonchev–Trinajstić information content (AvgIpc) is 3.11. The molecule has 1 unspecified atom stereocenters. The average molecular weight is 486 g/mol. The zero-order chi connectivity index (χ0) is 18.4. The van der Waals surface area contributed by atoms with Crippen molar-refractivity contribution in [3.8, 4) is 0 Å². The van der Waals surface area contributed by atoms with Gasteiger partial charge < -0.3 is 15.5 Å². The van der Waals surface area contributed by atoms with E-state index in [2.05, 4.69) is 49.5 Å². The third-order valence-electron chi connectivity index (χ3n) is 5.06. The van der Waals surface area contributed by atoms with Gasteiger partial charge in [-0.3, -0.25) is 14.3 Å². The molecule has 0 saturated carbocycles. The van der Waals surface area contributed by atoms with Crippen LogP contribution in [0, 0.1) is 0 Å². The van der Waals surface area contributed by atoms with Crippen LogP contribution in [0.25, 0.3) is 5.65 Å². The molecule has 150 valence electrons. The third-order valence-corrected chi connectivity index (χ3v) is 5.06. The van der Waals surface area contributed by atoms with Crippen LogP contribution >= 0.6 is 24.0 Å². The molecule has 1 aliphatic heterocycles. The smallest absolute Gasteiger partial charge is 0.191 e. The number of aliphatic imine (C=N–C) groups is 1. The van der Waals surface area contributed by atoms with Crippen molar-refractivity contribution in [2.75, 3.05) is 46.3 Å². The highest BCUT2D eigenvalue weighted by molar-refractivity contribution is 14.0. The summed E-state index contributed by atoms with van der Waals surface area (Å²) in [5.41, 5.74) is 0.854. The van der Waals surface area contributed by atoms with Crippen LogP contribution in [0.15, 0.2) is 29.4 Å². The number of hydrogen-bond acceptors (Lipinski definition) is 5. The SMILES string of the molecule is CCN1CCN(C(C)CNC(=NC)NCc2nnc3ccccn23)CC1.I. The van der Waals surface area contributed by atoms with Crippen LogP contribution in [-0.2, 0) is 6.54 Å². The number of nitrogens with zero attached hydrogens (tertiary/aromatic N) is 6. The van der Waals surface area contributed by atoms with Gasteiger partial charge in [0, 0.05) is 52.0 Å². The largest absolute Gasteiger partial charge is 0.355 e. The second kappa shape index (κ2) is 10.8. The number of aromatic nitrogens is 3. The van der Waals surface area contributed by atoms with Crippen LogP contribution in [0.3, 0.4) is 0 Å². The fourth-order valence-corrected chi connectivity index (χ4v) is 3.29. The summed E-state index contributed by atoms with van der Waals surface area (Å²) in [7, 11) is 1.79. The number of piperazine rings is 1. The van der Waals surface area contributed by atoms with E-state index >= 15 is 0 Å². The zero-order valence-corrected chi connectivity index (χ0v) is 18.8. The Kier molecular flexibility index (Phi) is 8.71. The number of likely N-dealkylation sites (N-methyl/N-ethyl adjacent to an activating group) is 1. The monoisotopic (exact) mass is 486 g/mol. The second-order valence-electron chi connectivity index (χ2n) is 6.67. The highest BCUT2D eigenvalue weighted by Crippen LogP contribution is 2.05. The fraction of sp³-hybridized carbons (Fsp3) is 0.611. The molecule has 0 aliphatic carbocycles. The molecule has 3 heterocycles. The van der Waals surface area contributed by atoms with E-state index in [1.54, 1.807) is 7.05 Å². The van der Waals surface area contributed by atoms with Crippen molar-refractivity contribution < 1.29 is 0 Å². The van der Waals surface area contributed by atoms with Crippen LogP contribution in [0.4, 0.5) is 0 Å². The van der Waals surface area contributed by atoms with Gasteiger partial charge in [0.2, 0.25) is 0 Å². The minimum Gasteiger partial charge on any atom is -0.355 e. The molecular weight excluding hydrogens is 455 g/mol. The van der Waals surface area contributed by atoms with E-state index in [0.29, 0.717) is 12.6 Å². The van der Waals surface area contributed by atoms with Gasteiger partial charge in [0.25, 0.3) is 0 Å². The predicted molar refractivity (Wildman–Crippen MR) is 120 cm³/mol. The first-order valence-electron chi connectivity index (χ1n) is 9.40. The summed E-state index contributed by atoms with van der Waals surface area (Å²) in [5, 5.41) is 15.2. The summed E-state index contributed by atoms with van der Waals surface area (Å²) in [6.45, 7) is 11.7. The number of pyridine rings is 1. The quantitative estimate of drug-likeness (QED) is 0.361. The van der Waals surface area contributed by atoms with Crippen molar-refractivity contribution in [2.45, 2.75) is 26.4 Å². The van der Waals surface area contributed by atoms with Crippen molar-refractivity contribution in [3.63, 3.8) is 0 Å². The van der Waals surface area contributed by atoms with Crippen LogP contribution in [0.1, 0.15) is 19.7 Å². The Morgan fingerprint density at radius 1 is 1.19 bits per heavy atom. The first kappa shape index (κ1) is 21.8. The molecule has 0 radical (unpaired) electrons. The normalized spacial score (nSPS) is 17.5. The molecule has 0 spiro atoms. The van der Waals surface area contributed by atoms with E-state index in [4.69, 9.17) is 0 Å². The van der Waals surface area contributed by atoms with Crippen LogP contribution in [0.5, 0.6) is 0 Å². The van der Waals surface area contributed by atoms with Gasteiger partial charge in [-0.15, -0.1) is 34.2 Å². The maximum Gasteiger partial charge on any atom is 0.191 e. The Labute approximate surface area is 178 Å². The van der Waals surface area contributed by atoms with Crippen molar-refractivity contribution in [1.29, 1.82) is 0 Å². The highest BCUT2D eigenvalue weighted by atomic mass is 127. The van der Waals surface area contributed by atoms with Crippen LogP contribution in [0.2, 0.25) is 0 Å². The second-order valence-corrected chi connectivity index (χ2v) is 6.67. The van der Waals surface area contributed by atoms with E-state index in [1.165, 1.54) is 0 Å².